The van der Waals surface area contributed by atoms with Crippen LogP contribution in [0.2, 0.25) is 5.02 Å². The smallest absolute Gasteiger partial charge is 0.475 e. The van der Waals surface area contributed by atoms with Gasteiger partial charge < -0.3 is 14.9 Å². The van der Waals surface area contributed by atoms with Crippen LogP contribution in [0.15, 0.2) is 36.7 Å². The average Bonchev–Trinajstić information content (AvgIpc) is 3.37. The number of rotatable bonds is 2. The fourth-order valence-corrected chi connectivity index (χ4v) is 4.21. The van der Waals surface area contributed by atoms with Crippen molar-refractivity contribution in [3.63, 3.8) is 0 Å². The molecule has 2 amide bonds. The quantitative estimate of drug-likeness (QED) is 0.678. The molecule has 2 aliphatic heterocycles. The fraction of sp³-hybridized carbons (Fsp3) is 0.429. The van der Waals surface area contributed by atoms with E-state index in [0.29, 0.717) is 36.8 Å². The first-order chi connectivity index (χ1) is 15.8. The van der Waals surface area contributed by atoms with Crippen LogP contribution in [0, 0.1) is 0 Å². The third kappa shape index (κ3) is 5.50. The lowest BCUT2D eigenvalue weighted by Gasteiger charge is -2.46. The topological polar surface area (TPSA) is 99.0 Å². The van der Waals surface area contributed by atoms with Gasteiger partial charge in [0.25, 0.3) is 5.91 Å². The van der Waals surface area contributed by atoms with Gasteiger partial charge in [0.2, 0.25) is 5.91 Å². The molecule has 2 aliphatic rings. The molecule has 1 spiro atoms. The number of carbonyl (C=O) groups excluding carboxylic acids is 2. The zero-order valence-corrected chi connectivity index (χ0v) is 19.2. The molecule has 1 N–H and O–H groups in total. The molecule has 2 aromatic rings. The third-order valence-corrected chi connectivity index (χ3v) is 6.11. The van der Waals surface area contributed by atoms with Gasteiger partial charge in [0.1, 0.15) is 0 Å². The minimum atomic E-state index is -5.08. The molecule has 1 aromatic heterocycles. The monoisotopic (exact) mass is 501 g/mol. The number of nitrogens with zero attached hydrogens (tertiary/aromatic N) is 5. The highest BCUT2D eigenvalue weighted by atomic mass is 35.5. The highest BCUT2D eigenvalue weighted by molar-refractivity contribution is 6.30. The maximum Gasteiger partial charge on any atom is 0.490 e. The number of hydrogen-bond acceptors (Lipinski definition) is 5. The van der Waals surface area contributed by atoms with E-state index in [-0.39, 0.29) is 17.4 Å². The summed E-state index contributed by atoms with van der Waals surface area (Å²) in [6, 6.07) is 7.03. The Bertz CT molecular complexity index is 1090. The van der Waals surface area contributed by atoms with Gasteiger partial charge in [-0.25, -0.2) is 4.79 Å². The van der Waals surface area contributed by atoms with E-state index in [4.69, 9.17) is 21.5 Å². The van der Waals surface area contributed by atoms with Crippen molar-refractivity contribution in [3.8, 4) is 0 Å². The predicted octanol–water partition coefficient (Wildman–Crippen LogP) is 2.27. The number of benzene rings is 1. The molecule has 1 aromatic carbocycles. The minimum absolute atomic E-state index is 0.0207. The summed E-state index contributed by atoms with van der Waals surface area (Å²) in [6.07, 6.45) is -0.707. The van der Waals surface area contributed by atoms with Crippen LogP contribution < -0.4 is 4.90 Å². The van der Waals surface area contributed by atoms with Crippen LogP contribution in [0.1, 0.15) is 16.8 Å². The summed E-state index contributed by atoms with van der Waals surface area (Å²) < 4.78 is 33.4. The van der Waals surface area contributed by atoms with E-state index in [0.717, 1.165) is 12.1 Å². The normalized spacial score (nSPS) is 20.9. The van der Waals surface area contributed by atoms with E-state index in [9.17, 15) is 22.8 Å². The Morgan fingerprint density at radius 1 is 1.21 bits per heavy atom. The Kier molecular flexibility index (Phi) is 7.22. The molecule has 2 fully saturated rings. The standard InChI is InChI=1S/C19H22ClN5O2.C2HF3O2/c1-22-11-17(26)25(16-9-21-23(2)10-16)13-19(22)6-7-24(12-19)18(27)14-4-3-5-15(20)8-14;3-2(4,5)1(6)7/h3-5,8-10H,6-7,11-13H2,1-2H3;(H,6,7). The third-order valence-electron chi connectivity index (χ3n) is 5.87. The van der Waals surface area contributed by atoms with Crippen LogP contribution in [0.5, 0.6) is 0 Å². The van der Waals surface area contributed by atoms with Crippen LogP contribution in [0.4, 0.5) is 18.9 Å². The number of halogens is 4. The van der Waals surface area contributed by atoms with Crippen molar-refractivity contribution >= 4 is 35.1 Å². The molecule has 2 saturated heterocycles. The lowest BCUT2D eigenvalue weighted by molar-refractivity contribution is -0.192. The summed E-state index contributed by atoms with van der Waals surface area (Å²) in [5, 5.41) is 11.9. The summed E-state index contributed by atoms with van der Waals surface area (Å²) in [5.41, 5.74) is 1.14. The van der Waals surface area contributed by atoms with E-state index in [1.165, 1.54) is 0 Å². The van der Waals surface area contributed by atoms with Crippen LogP contribution >= 0.6 is 11.6 Å². The summed E-state index contributed by atoms with van der Waals surface area (Å²) in [7, 11) is 3.80. The molecule has 1 atom stereocenters. The van der Waals surface area contributed by atoms with E-state index >= 15 is 0 Å². The molecule has 4 rings (SSSR count). The number of carboxylic acids is 1. The van der Waals surface area contributed by atoms with Gasteiger partial charge in [-0.05, 0) is 31.7 Å². The highest BCUT2D eigenvalue weighted by Gasteiger charge is 2.49. The van der Waals surface area contributed by atoms with Crippen molar-refractivity contribution in [2.45, 2.75) is 18.1 Å². The Labute approximate surface area is 198 Å². The number of piperazine rings is 1. The lowest BCUT2D eigenvalue weighted by Crippen LogP contribution is -2.64. The SMILES string of the molecule is CN1CC(=O)N(c2cnn(C)c2)CC12CCN(C(=O)c1cccc(Cl)c1)C2.O=C(O)C(F)(F)F. The number of aryl methyl sites for hydroxylation is 1. The number of carboxylic acid groups (broad SMARTS) is 1. The number of amides is 2. The summed E-state index contributed by atoms with van der Waals surface area (Å²) in [4.78, 5) is 40.1. The molecule has 0 saturated carbocycles. The van der Waals surface area contributed by atoms with Crippen LogP contribution in [-0.2, 0) is 16.6 Å². The predicted molar refractivity (Wildman–Crippen MR) is 117 cm³/mol. The first-order valence-electron chi connectivity index (χ1n) is 10.2. The van der Waals surface area contributed by atoms with Crippen molar-refractivity contribution in [1.29, 1.82) is 0 Å². The first kappa shape index (κ1) is 25.5. The Morgan fingerprint density at radius 3 is 2.44 bits per heavy atom. The molecule has 3 heterocycles. The van der Waals surface area contributed by atoms with Crippen molar-refractivity contribution < 1.29 is 32.7 Å². The second kappa shape index (κ2) is 9.63. The van der Waals surface area contributed by atoms with Gasteiger partial charge in [0.15, 0.2) is 0 Å². The van der Waals surface area contributed by atoms with Crippen LogP contribution in [-0.4, -0.2) is 87.4 Å². The second-order valence-electron chi connectivity index (χ2n) is 8.22. The van der Waals surface area contributed by atoms with Gasteiger partial charge in [-0.2, -0.15) is 18.3 Å². The number of aliphatic carboxylic acids is 1. The molecule has 9 nitrogen and oxygen atoms in total. The molecular formula is C21H23ClF3N5O4. The second-order valence-corrected chi connectivity index (χ2v) is 8.66. The molecule has 34 heavy (non-hydrogen) atoms. The number of anilines is 1. The van der Waals surface area contributed by atoms with E-state index < -0.39 is 12.1 Å². The largest absolute Gasteiger partial charge is 0.490 e. The van der Waals surface area contributed by atoms with E-state index in [2.05, 4.69) is 10.00 Å². The number of alkyl halides is 3. The first-order valence-corrected chi connectivity index (χ1v) is 10.6. The number of hydrogen-bond donors (Lipinski definition) is 1. The fourth-order valence-electron chi connectivity index (χ4n) is 4.02. The number of likely N-dealkylation sites (N-methyl/N-ethyl adjacent to an activating group) is 1. The lowest BCUT2D eigenvalue weighted by atomic mass is 9.93. The molecule has 184 valence electrons. The van der Waals surface area contributed by atoms with Gasteiger partial charge in [-0.3, -0.25) is 19.2 Å². The van der Waals surface area contributed by atoms with Gasteiger partial charge in [-0.1, -0.05) is 17.7 Å². The number of aromatic nitrogens is 2. The van der Waals surface area contributed by atoms with Crippen LogP contribution in [0.3, 0.4) is 0 Å². The highest BCUT2D eigenvalue weighted by Crippen LogP contribution is 2.34. The summed E-state index contributed by atoms with van der Waals surface area (Å²) in [6.45, 7) is 2.12. The van der Waals surface area contributed by atoms with Gasteiger partial charge in [-0.15, -0.1) is 0 Å². The number of carbonyl (C=O) groups is 3. The molecule has 0 aliphatic carbocycles. The van der Waals surface area contributed by atoms with Crippen molar-refractivity contribution in [2.24, 2.45) is 7.05 Å². The Morgan fingerprint density at radius 2 is 1.88 bits per heavy atom. The zero-order valence-electron chi connectivity index (χ0n) is 18.4. The van der Waals surface area contributed by atoms with Crippen molar-refractivity contribution in [2.75, 3.05) is 38.1 Å². The van der Waals surface area contributed by atoms with E-state index in [1.54, 1.807) is 40.0 Å². The Balaban J connectivity index is 0.000000406. The van der Waals surface area contributed by atoms with E-state index in [1.807, 2.05) is 25.2 Å². The summed E-state index contributed by atoms with van der Waals surface area (Å²) in [5.74, 6) is -2.73. The van der Waals surface area contributed by atoms with Crippen LogP contribution in [0.25, 0.3) is 0 Å². The number of likely N-dealkylation sites (tertiary alicyclic amines) is 1. The summed E-state index contributed by atoms with van der Waals surface area (Å²) >= 11 is 6.03. The van der Waals surface area contributed by atoms with Gasteiger partial charge >= 0.3 is 12.1 Å². The maximum atomic E-state index is 12.9. The van der Waals surface area contributed by atoms with Gasteiger partial charge in [0, 0.05) is 43.5 Å². The van der Waals surface area contributed by atoms with Gasteiger partial charge in [0.05, 0.1) is 24.0 Å². The van der Waals surface area contributed by atoms with Crippen molar-refractivity contribution in [1.82, 2.24) is 19.6 Å². The molecule has 0 bridgehead atoms. The minimum Gasteiger partial charge on any atom is -0.475 e. The molecule has 1 unspecified atom stereocenters. The zero-order chi connectivity index (χ0) is 25.3. The average molecular weight is 502 g/mol. The molecule has 13 heteroatoms. The maximum absolute atomic E-state index is 12.9. The Hall–Kier alpha value is -3.12. The molecule has 0 radical (unpaired) electrons. The van der Waals surface area contributed by atoms with Crippen molar-refractivity contribution in [3.05, 3.63) is 47.2 Å². The molecular weight excluding hydrogens is 479 g/mol.